The van der Waals surface area contributed by atoms with E-state index in [2.05, 4.69) is 9.72 Å². The average molecular weight is 364 g/mol. The summed E-state index contributed by atoms with van der Waals surface area (Å²) < 4.78 is 15.6. The van der Waals surface area contributed by atoms with Crippen molar-refractivity contribution >= 4 is 5.97 Å². The lowest BCUT2D eigenvalue weighted by Crippen LogP contribution is -2.12. The fraction of sp³-hybridized carbons (Fsp3) is 0.150. The van der Waals surface area contributed by atoms with Gasteiger partial charge in [-0.2, -0.15) is 5.26 Å². The van der Waals surface area contributed by atoms with Gasteiger partial charge in [0.2, 0.25) is 5.76 Å². The van der Waals surface area contributed by atoms with E-state index in [4.69, 9.17) is 9.15 Å². The molecule has 0 radical (unpaired) electrons. The SMILES string of the molecule is COC(=O)c1ccc(COc2cccc(-c3cc(C)[nH]c(=O)c3C#N)c2)o1. The molecule has 0 unspecified atom stereocenters. The smallest absolute Gasteiger partial charge is 0.373 e. The van der Waals surface area contributed by atoms with Crippen molar-refractivity contribution in [3.63, 3.8) is 0 Å². The maximum absolute atomic E-state index is 12.0. The molecule has 27 heavy (non-hydrogen) atoms. The molecule has 0 aliphatic heterocycles. The third-order valence-electron chi connectivity index (χ3n) is 3.85. The number of aromatic nitrogens is 1. The molecular weight excluding hydrogens is 348 g/mol. The lowest BCUT2D eigenvalue weighted by molar-refractivity contribution is 0.0561. The Kier molecular flexibility index (Phi) is 5.08. The van der Waals surface area contributed by atoms with Crippen LogP contribution in [0.15, 0.2) is 51.7 Å². The van der Waals surface area contributed by atoms with Crippen LogP contribution in [0.3, 0.4) is 0 Å². The number of rotatable bonds is 5. The van der Waals surface area contributed by atoms with Crippen molar-refractivity contribution in [1.29, 1.82) is 5.26 Å². The number of carbonyl (C=O) groups excluding carboxylic acids is 1. The molecule has 0 aliphatic rings. The Morgan fingerprint density at radius 1 is 1.26 bits per heavy atom. The number of ether oxygens (including phenoxy) is 2. The van der Waals surface area contributed by atoms with Crippen molar-refractivity contribution in [2.45, 2.75) is 13.5 Å². The van der Waals surface area contributed by atoms with Crippen LogP contribution in [0.1, 0.15) is 27.6 Å². The largest absolute Gasteiger partial charge is 0.486 e. The fourth-order valence-corrected chi connectivity index (χ4v) is 2.60. The third-order valence-corrected chi connectivity index (χ3v) is 3.85. The van der Waals surface area contributed by atoms with Crippen LogP contribution < -0.4 is 10.3 Å². The van der Waals surface area contributed by atoms with E-state index >= 15 is 0 Å². The molecule has 7 nitrogen and oxygen atoms in total. The molecule has 0 amide bonds. The van der Waals surface area contributed by atoms with Crippen LogP contribution in [0.2, 0.25) is 0 Å². The molecule has 0 saturated heterocycles. The van der Waals surface area contributed by atoms with Gasteiger partial charge in [0, 0.05) is 11.3 Å². The number of pyridine rings is 1. The Morgan fingerprint density at radius 2 is 2.07 bits per heavy atom. The van der Waals surface area contributed by atoms with Crippen LogP contribution in [0, 0.1) is 18.3 Å². The monoisotopic (exact) mass is 364 g/mol. The number of hydrogen-bond acceptors (Lipinski definition) is 6. The van der Waals surface area contributed by atoms with E-state index in [-0.39, 0.29) is 17.9 Å². The molecule has 2 aromatic heterocycles. The van der Waals surface area contributed by atoms with Crippen molar-refractivity contribution in [2.24, 2.45) is 0 Å². The zero-order chi connectivity index (χ0) is 19.4. The Morgan fingerprint density at radius 3 is 2.81 bits per heavy atom. The first-order valence-electron chi connectivity index (χ1n) is 8.06. The summed E-state index contributed by atoms with van der Waals surface area (Å²) in [7, 11) is 1.28. The first-order valence-corrected chi connectivity index (χ1v) is 8.06. The van der Waals surface area contributed by atoms with Crippen molar-refractivity contribution in [3.05, 3.63) is 75.6 Å². The van der Waals surface area contributed by atoms with Crippen molar-refractivity contribution in [1.82, 2.24) is 4.98 Å². The zero-order valence-electron chi connectivity index (χ0n) is 14.7. The van der Waals surface area contributed by atoms with E-state index in [1.807, 2.05) is 6.07 Å². The van der Waals surface area contributed by atoms with E-state index in [1.165, 1.54) is 13.2 Å². The topological polar surface area (TPSA) is 105 Å². The summed E-state index contributed by atoms with van der Waals surface area (Å²) in [5.41, 5.74) is 1.51. The highest BCUT2D eigenvalue weighted by atomic mass is 16.5. The van der Waals surface area contributed by atoms with E-state index in [9.17, 15) is 14.9 Å². The van der Waals surface area contributed by atoms with Gasteiger partial charge in [-0.1, -0.05) is 12.1 Å². The molecule has 0 fully saturated rings. The van der Waals surface area contributed by atoms with E-state index in [0.29, 0.717) is 28.3 Å². The summed E-state index contributed by atoms with van der Waals surface area (Å²) in [4.78, 5) is 26.0. The van der Waals surface area contributed by atoms with Crippen molar-refractivity contribution < 1.29 is 18.7 Å². The maximum Gasteiger partial charge on any atom is 0.373 e. The average Bonchev–Trinajstić information content (AvgIpc) is 3.14. The molecule has 7 heteroatoms. The van der Waals surface area contributed by atoms with Gasteiger partial charge in [-0.15, -0.1) is 0 Å². The molecule has 1 aromatic carbocycles. The molecular formula is C20H16N2O5. The number of carbonyl (C=O) groups is 1. The fourth-order valence-electron chi connectivity index (χ4n) is 2.60. The molecule has 0 atom stereocenters. The molecule has 2 heterocycles. The Hall–Kier alpha value is -3.79. The van der Waals surface area contributed by atoms with E-state index < -0.39 is 11.5 Å². The van der Waals surface area contributed by atoms with Crippen LogP contribution in [0.5, 0.6) is 5.75 Å². The Balaban J connectivity index is 1.83. The van der Waals surface area contributed by atoms with Crippen molar-refractivity contribution in [3.8, 4) is 22.9 Å². The highest BCUT2D eigenvalue weighted by Gasteiger charge is 2.13. The number of aromatic amines is 1. The molecule has 3 rings (SSSR count). The summed E-state index contributed by atoms with van der Waals surface area (Å²) in [5.74, 6) is 0.537. The van der Waals surface area contributed by atoms with E-state index in [0.717, 1.165) is 0 Å². The lowest BCUT2D eigenvalue weighted by atomic mass is 10.0. The van der Waals surface area contributed by atoms with E-state index in [1.54, 1.807) is 43.3 Å². The predicted molar refractivity (Wildman–Crippen MR) is 96.3 cm³/mol. The predicted octanol–water partition coefficient (Wildman–Crippen LogP) is 3.18. The second-order valence-electron chi connectivity index (χ2n) is 5.76. The van der Waals surface area contributed by atoms with Crippen LogP contribution in [-0.2, 0) is 11.3 Å². The molecule has 0 bridgehead atoms. The second kappa shape index (κ2) is 7.62. The summed E-state index contributed by atoms with van der Waals surface area (Å²) in [6.45, 7) is 1.86. The van der Waals surface area contributed by atoms with Crippen LogP contribution in [0.25, 0.3) is 11.1 Å². The summed E-state index contributed by atoms with van der Waals surface area (Å²) >= 11 is 0. The van der Waals surface area contributed by atoms with Gasteiger partial charge in [0.1, 0.15) is 29.7 Å². The van der Waals surface area contributed by atoms with Gasteiger partial charge < -0.3 is 18.9 Å². The minimum Gasteiger partial charge on any atom is -0.486 e. The number of esters is 1. The highest BCUT2D eigenvalue weighted by molar-refractivity contribution is 5.86. The van der Waals surface area contributed by atoms with Gasteiger partial charge >= 0.3 is 5.97 Å². The van der Waals surface area contributed by atoms with Gasteiger partial charge in [0.15, 0.2) is 0 Å². The molecule has 3 aromatic rings. The summed E-state index contributed by atoms with van der Waals surface area (Å²) in [5, 5.41) is 9.29. The Bertz CT molecular complexity index is 1090. The summed E-state index contributed by atoms with van der Waals surface area (Å²) in [6, 6.07) is 13.9. The van der Waals surface area contributed by atoms with Crippen LogP contribution in [-0.4, -0.2) is 18.1 Å². The third kappa shape index (κ3) is 3.90. The number of furan rings is 1. The molecule has 0 aliphatic carbocycles. The number of nitrogens with one attached hydrogen (secondary N) is 1. The number of aryl methyl sites for hydroxylation is 1. The Labute approximate surface area is 154 Å². The zero-order valence-corrected chi connectivity index (χ0v) is 14.7. The number of hydrogen-bond donors (Lipinski definition) is 1. The van der Waals surface area contributed by atoms with Gasteiger partial charge in [0.05, 0.1) is 7.11 Å². The number of nitriles is 1. The first-order chi connectivity index (χ1) is 13.0. The van der Waals surface area contributed by atoms with Gasteiger partial charge in [-0.3, -0.25) is 4.79 Å². The molecule has 136 valence electrons. The standard InChI is InChI=1S/C20H16N2O5/c1-12-8-16(17(10-21)19(23)22-12)13-4-3-5-14(9-13)26-11-15-6-7-18(27-15)20(24)25-2/h3-9H,11H2,1-2H3,(H,22,23). The number of nitrogens with zero attached hydrogens (tertiary/aromatic N) is 1. The number of methoxy groups -OCH3 is 1. The maximum atomic E-state index is 12.0. The molecule has 1 N–H and O–H groups in total. The normalized spacial score (nSPS) is 10.3. The van der Waals surface area contributed by atoms with Gasteiger partial charge in [0.25, 0.3) is 5.56 Å². The number of benzene rings is 1. The van der Waals surface area contributed by atoms with Gasteiger partial charge in [-0.05, 0) is 42.8 Å². The van der Waals surface area contributed by atoms with Gasteiger partial charge in [-0.25, -0.2) is 4.79 Å². The lowest BCUT2D eigenvalue weighted by Gasteiger charge is -2.09. The second-order valence-corrected chi connectivity index (χ2v) is 5.76. The molecule has 0 saturated carbocycles. The minimum absolute atomic E-state index is 0.0477. The highest BCUT2D eigenvalue weighted by Crippen LogP contribution is 2.26. The first kappa shape index (κ1) is 18.0. The number of H-pyrrole nitrogens is 1. The quantitative estimate of drug-likeness (QED) is 0.697. The summed E-state index contributed by atoms with van der Waals surface area (Å²) in [6.07, 6.45) is 0. The molecule has 0 spiro atoms. The minimum atomic E-state index is -0.558. The van der Waals surface area contributed by atoms with Crippen LogP contribution in [0.4, 0.5) is 0 Å². The van der Waals surface area contributed by atoms with Crippen LogP contribution >= 0.6 is 0 Å². The van der Waals surface area contributed by atoms with Crippen molar-refractivity contribution in [2.75, 3.05) is 7.11 Å².